The topological polar surface area (TPSA) is 68.9 Å². The summed E-state index contributed by atoms with van der Waals surface area (Å²) < 4.78 is 0. The van der Waals surface area contributed by atoms with E-state index in [2.05, 4.69) is 23.8 Å². The van der Waals surface area contributed by atoms with Crippen LogP contribution in [0.3, 0.4) is 0 Å². The molecule has 5 nitrogen and oxygen atoms in total. The summed E-state index contributed by atoms with van der Waals surface area (Å²) in [6, 6.07) is 6.66. The van der Waals surface area contributed by atoms with Crippen molar-refractivity contribution in [2.24, 2.45) is 0 Å². The van der Waals surface area contributed by atoms with Crippen molar-refractivity contribution in [2.75, 3.05) is 0 Å². The van der Waals surface area contributed by atoms with Crippen LogP contribution in [0, 0.1) is 30.9 Å². The van der Waals surface area contributed by atoms with Gasteiger partial charge in [0.1, 0.15) is 15.7 Å². The highest BCUT2D eigenvalue weighted by atomic mass is 32.2. The van der Waals surface area contributed by atoms with Gasteiger partial charge in [0.25, 0.3) is 5.69 Å². The standard InChI is InChI=1S/C16H15N3O2S2/c1-9-10(2)23-16-14(9)15(17-11(3)18-16)22-8-12-4-6-13(7-5-12)19(20)21/h4-7H,8H2,1-3H3. The Bertz CT molecular complexity index is 888. The third-order valence-electron chi connectivity index (χ3n) is 3.63. The van der Waals surface area contributed by atoms with E-state index in [0.717, 1.165) is 32.4 Å². The molecule has 3 aromatic rings. The molecule has 0 bridgehead atoms. The molecule has 0 fully saturated rings. The lowest BCUT2D eigenvalue weighted by molar-refractivity contribution is -0.384. The first-order valence-electron chi connectivity index (χ1n) is 7.06. The van der Waals surface area contributed by atoms with Gasteiger partial charge in [-0.05, 0) is 31.9 Å². The van der Waals surface area contributed by atoms with Gasteiger partial charge in [-0.25, -0.2) is 9.97 Å². The average Bonchev–Trinajstić information content (AvgIpc) is 2.79. The quantitative estimate of drug-likeness (QED) is 0.293. The highest BCUT2D eigenvalue weighted by Gasteiger charge is 2.14. The molecule has 7 heteroatoms. The normalized spacial score (nSPS) is 11.1. The molecule has 0 spiro atoms. The van der Waals surface area contributed by atoms with Gasteiger partial charge in [0, 0.05) is 28.1 Å². The van der Waals surface area contributed by atoms with Gasteiger partial charge in [-0.1, -0.05) is 12.1 Å². The molecule has 0 unspecified atom stereocenters. The van der Waals surface area contributed by atoms with E-state index in [0.29, 0.717) is 0 Å². The number of hydrogen-bond acceptors (Lipinski definition) is 6. The summed E-state index contributed by atoms with van der Waals surface area (Å²) in [5.74, 6) is 1.49. The van der Waals surface area contributed by atoms with Crippen molar-refractivity contribution in [3.8, 4) is 0 Å². The third kappa shape index (κ3) is 3.20. The van der Waals surface area contributed by atoms with E-state index in [1.165, 1.54) is 22.6 Å². The average molecular weight is 345 g/mol. The van der Waals surface area contributed by atoms with Gasteiger partial charge in [0.05, 0.1) is 4.92 Å². The number of thioether (sulfide) groups is 1. The number of hydrogen-bond donors (Lipinski definition) is 0. The summed E-state index contributed by atoms with van der Waals surface area (Å²) in [5, 5.41) is 12.8. The van der Waals surface area contributed by atoms with Crippen molar-refractivity contribution < 1.29 is 4.92 Å². The lowest BCUT2D eigenvalue weighted by atomic mass is 10.2. The number of fused-ring (bicyclic) bond motifs is 1. The molecule has 0 atom stereocenters. The summed E-state index contributed by atoms with van der Waals surface area (Å²) in [4.78, 5) is 21.7. The van der Waals surface area contributed by atoms with E-state index in [-0.39, 0.29) is 10.6 Å². The van der Waals surface area contributed by atoms with Gasteiger partial charge < -0.3 is 0 Å². The highest BCUT2D eigenvalue weighted by molar-refractivity contribution is 7.98. The van der Waals surface area contributed by atoms with Crippen LogP contribution in [-0.4, -0.2) is 14.9 Å². The molecular weight excluding hydrogens is 330 g/mol. The second-order valence-electron chi connectivity index (χ2n) is 5.25. The molecule has 2 heterocycles. The number of nitrogens with zero attached hydrogens (tertiary/aromatic N) is 3. The van der Waals surface area contributed by atoms with Gasteiger partial charge in [-0.3, -0.25) is 10.1 Å². The number of nitro benzene ring substituents is 1. The fraction of sp³-hybridized carbons (Fsp3) is 0.250. The largest absolute Gasteiger partial charge is 0.269 e. The molecule has 0 N–H and O–H groups in total. The zero-order valence-corrected chi connectivity index (χ0v) is 14.6. The first kappa shape index (κ1) is 15.9. The van der Waals surface area contributed by atoms with E-state index in [1.807, 2.05) is 6.92 Å². The van der Waals surface area contributed by atoms with Crippen LogP contribution in [-0.2, 0) is 5.75 Å². The monoisotopic (exact) mass is 345 g/mol. The van der Waals surface area contributed by atoms with Gasteiger partial charge >= 0.3 is 0 Å². The van der Waals surface area contributed by atoms with Crippen LogP contribution in [0.5, 0.6) is 0 Å². The minimum absolute atomic E-state index is 0.114. The molecule has 0 radical (unpaired) electrons. The highest BCUT2D eigenvalue weighted by Crippen LogP contribution is 2.36. The number of non-ortho nitro benzene ring substituents is 1. The molecule has 0 aliphatic heterocycles. The Balaban J connectivity index is 1.88. The van der Waals surface area contributed by atoms with Crippen LogP contribution in [0.1, 0.15) is 21.8 Å². The number of benzene rings is 1. The summed E-state index contributed by atoms with van der Waals surface area (Å²) in [6.07, 6.45) is 0. The van der Waals surface area contributed by atoms with Gasteiger partial charge in [-0.15, -0.1) is 23.1 Å². The lowest BCUT2D eigenvalue weighted by Crippen LogP contribution is -1.92. The van der Waals surface area contributed by atoms with E-state index in [1.54, 1.807) is 35.2 Å². The van der Waals surface area contributed by atoms with Crippen LogP contribution in [0.2, 0.25) is 0 Å². The summed E-state index contributed by atoms with van der Waals surface area (Å²) >= 11 is 3.34. The predicted octanol–water partition coefficient (Wildman–Crippen LogP) is 4.82. The van der Waals surface area contributed by atoms with Crippen LogP contribution in [0.25, 0.3) is 10.2 Å². The molecule has 0 aliphatic carbocycles. The van der Waals surface area contributed by atoms with E-state index >= 15 is 0 Å². The van der Waals surface area contributed by atoms with E-state index < -0.39 is 0 Å². The Kier molecular flexibility index (Phi) is 4.32. The smallest absolute Gasteiger partial charge is 0.258 e. The molecule has 0 saturated carbocycles. The Morgan fingerprint density at radius 1 is 1.17 bits per heavy atom. The molecule has 0 aliphatic rings. The Morgan fingerprint density at radius 3 is 2.52 bits per heavy atom. The van der Waals surface area contributed by atoms with Crippen molar-refractivity contribution in [3.05, 3.63) is 56.2 Å². The van der Waals surface area contributed by atoms with Crippen LogP contribution < -0.4 is 0 Å². The number of rotatable bonds is 4. The second-order valence-corrected chi connectivity index (χ2v) is 7.42. The van der Waals surface area contributed by atoms with Crippen molar-refractivity contribution in [1.82, 2.24) is 9.97 Å². The second kappa shape index (κ2) is 6.25. The minimum Gasteiger partial charge on any atom is -0.258 e. The Labute approximate surface area is 141 Å². The number of nitro groups is 1. The van der Waals surface area contributed by atoms with Crippen molar-refractivity contribution in [1.29, 1.82) is 0 Å². The van der Waals surface area contributed by atoms with Crippen molar-refractivity contribution in [2.45, 2.75) is 31.6 Å². The number of aryl methyl sites for hydroxylation is 3. The summed E-state index contributed by atoms with van der Waals surface area (Å²) in [5.41, 5.74) is 2.38. The van der Waals surface area contributed by atoms with Gasteiger partial charge in [0.2, 0.25) is 0 Å². The zero-order valence-electron chi connectivity index (χ0n) is 13.0. The number of aromatic nitrogens is 2. The first-order chi connectivity index (χ1) is 11.0. The molecule has 2 aromatic heterocycles. The maximum atomic E-state index is 10.7. The zero-order chi connectivity index (χ0) is 16.6. The minimum atomic E-state index is -0.383. The maximum Gasteiger partial charge on any atom is 0.269 e. The lowest BCUT2D eigenvalue weighted by Gasteiger charge is -2.05. The van der Waals surface area contributed by atoms with E-state index in [9.17, 15) is 10.1 Å². The summed E-state index contributed by atoms with van der Waals surface area (Å²) in [7, 11) is 0. The first-order valence-corrected chi connectivity index (χ1v) is 8.86. The molecule has 1 aromatic carbocycles. The predicted molar refractivity (Wildman–Crippen MR) is 94.3 cm³/mol. The Morgan fingerprint density at radius 2 is 1.87 bits per heavy atom. The molecule has 118 valence electrons. The molecular formula is C16H15N3O2S2. The van der Waals surface area contributed by atoms with Crippen molar-refractivity contribution >= 4 is 39.0 Å². The SMILES string of the molecule is Cc1nc(SCc2ccc([N+](=O)[O-])cc2)c2c(C)c(C)sc2n1. The fourth-order valence-corrected chi connectivity index (χ4v) is 4.51. The number of thiophene rings is 1. The molecule has 0 saturated heterocycles. The molecule has 0 amide bonds. The van der Waals surface area contributed by atoms with Gasteiger partial charge in [-0.2, -0.15) is 0 Å². The van der Waals surface area contributed by atoms with Gasteiger partial charge in [0.15, 0.2) is 0 Å². The van der Waals surface area contributed by atoms with Crippen LogP contribution >= 0.6 is 23.1 Å². The van der Waals surface area contributed by atoms with Crippen LogP contribution in [0.15, 0.2) is 29.3 Å². The van der Waals surface area contributed by atoms with Crippen LogP contribution in [0.4, 0.5) is 5.69 Å². The van der Waals surface area contributed by atoms with Crippen molar-refractivity contribution in [3.63, 3.8) is 0 Å². The Hall–Kier alpha value is -1.99. The molecule has 23 heavy (non-hydrogen) atoms. The van der Waals surface area contributed by atoms with E-state index in [4.69, 9.17) is 0 Å². The fourth-order valence-electron chi connectivity index (χ4n) is 2.28. The molecule has 3 rings (SSSR count). The third-order valence-corrected chi connectivity index (χ3v) is 5.78. The summed E-state index contributed by atoms with van der Waals surface area (Å²) in [6.45, 7) is 6.10. The maximum absolute atomic E-state index is 10.7.